The molecule has 1 amide bonds. The van der Waals surface area contributed by atoms with Crippen molar-refractivity contribution >= 4 is 17.7 Å². The highest BCUT2D eigenvalue weighted by molar-refractivity contribution is 5.85. The Morgan fingerprint density at radius 2 is 1.91 bits per heavy atom. The molecular formula is C22H23NO9. The number of nitrogens with one attached hydrogen (secondary N) is 1. The zero-order valence-corrected chi connectivity index (χ0v) is 17.2. The number of carboxylic acid groups (broad SMARTS) is 1. The van der Waals surface area contributed by atoms with Gasteiger partial charge in [0.2, 0.25) is 6.79 Å². The lowest BCUT2D eigenvalue weighted by atomic mass is 10.0. The highest BCUT2D eigenvalue weighted by Crippen LogP contribution is 2.34. The zero-order chi connectivity index (χ0) is 22.9. The Kier molecular flexibility index (Phi) is 7.90. The molecule has 0 unspecified atom stereocenters. The molecule has 1 aliphatic heterocycles. The van der Waals surface area contributed by atoms with E-state index in [4.69, 9.17) is 33.9 Å². The number of aliphatic carboxylic acids is 1. The number of amides is 1. The molecule has 2 atom stereocenters. The van der Waals surface area contributed by atoms with Crippen molar-refractivity contribution in [1.82, 2.24) is 0 Å². The Balaban J connectivity index is 1.77. The molecule has 1 heterocycles. The highest BCUT2D eigenvalue weighted by Gasteiger charge is 2.26. The van der Waals surface area contributed by atoms with E-state index in [9.17, 15) is 9.59 Å². The van der Waals surface area contributed by atoms with Crippen molar-refractivity contribution < 1.29 is 43.5 Å². The van der Waals surface area contributed by atoms with Gasteiger partial charge < -0.3 is 33.9 Å². The average Bonchev–Trinajstić information content (AvgIpc) is 3.25. The monoisotopic (exact) mass is 445 g/mol. The third-order valence-corrected chi connectivity index (χ3v) is 4.42. The number of hydrogen-bond donors (Lipinski definition) is 3. The van der Waals surface area contributed by atoms with Gasteiger partial charge in [-0.2, -0.15) is 0 Å². The van der Waals surface area contributed by atoms with Crippen molar-refractivity contribution in [2.75, 3.05) is 32.4 Å². The van der Waals surface area contributed by atoms with Crippen molar-refractivity contribution in [3.8, 4) is 17.2 Å². The van der Waals surface area contributed by atoms with Crippen molar-refractivity contribution in [3.05, 3.63) is 60.2 Å². The first-order valence-electron chi connectivity index (χ1n) is 9.65. The maximum atomic E-state index is 12.6. The number of benzene rings is 2. The first-order valence-corrected chi connectivity index (χ1v) is 9.65. The second-order valence-electron chi connectivity index (χ2n) is 6.56. The predicted molar refractivity (Wildman–Crippen MR) is 112 cm³/mol. The maximum Gasteiger partial charge on any atom is 0.412 e. The zero-order valence-electron chi connectivity index (χ0n) is 17.2. The minimum absolute atomic E-state index is 0.106. The molecule has 2 aromatic rings. The molecule has 0 fully saturated rings. The Morgan fingerprint density at radius 3 is 2.59 bits per heavy atom. The molecule has 170 valence electrons. The molecule has 0 spiro atoms. The van der Waals surface area contributed by atoms with E-state index in [0.29, 0.717) is 28.5 Å². The van der Waals surface area contributed by atoms with E-state index in [2.05, 4.69) is 5.32 Å². The molecule has 32 heavy (non-hydrogen) atoms. The van der Waals surface area contributed by atoms with Gasteiger partial charge in [0.25, 0.3) is 0 Å². The van der Waals surface area contributed by atoms with E-state index in [1.807, 2.05) is 0 Å². The van der Waals surface area contributed by atoms with Crippen LogP contribution in [0.5, 0.6) is 17.2 Å². The molecule has 0 aromatic heterocycles. The standard InChI is InChI=1S/C22H23NO9/c1-28-18(8-9-20(25)26)21(14-2-5-16(6-3-14)29-11-10-24)32-22(27)23-15-4-7-17-19(12-15)31-13-30-17/h2-9,12,18,21,24H,10-11,13H2,1H3,(H,23,27)(H,25,26)/b9-8+/t18-,21-/m1/s1. The van der Waals surface area contributed by atoms with Crippen LogP contribution in [0.1, 0.15) is 11.7 Å². The van der Waals surface area contributed by atoms with E-state index < -0.39 is 24.3 Å². The van der Waals surface area contributed by atoms with Gasteiger partial charge in [0.1, 0.15) is 18.5 Å². The summed E-state index contributed by atoms with van der Waals surface area (Å²) in [6, 6.07) is 11.5. The number of rotatable bonds is 10. The number of carboxylic acids is 1. The third-order valence-electron chi connectivity index (χ3n) is 4.42. The Hall–Kier alpha value is -3.76. The number of ether oxygens (including phenoxy) is 5. The first kappa shape index (κ1) is 22.9. The van der Waals surface area contributed by atoms with Crippen LogP contribution in [0.25, 0.3) is 0 Å². The fourth-order valence-corrected chi connectivity index (χ4v) is 2.96. The summed E-state index contributed by atoms with van der Waals surface area (Å²) in [5.41, 5.74) is 0.977. The summed E-state index contributed by atoms with van der Waals surface area (Å²) >= 11 is 0. The molecule has 10 nitrogen and oxygen atoms in total. The van der Waals surface area contributed by atoms with E-state index in [-0.39, 0.29) is 20.0 Å². The second-order valence-corrected chi connectivity index (χ2v) is 6.56. The lowest BCUT2D eigenvalue weighted by molar-refractivity contribution is -0.131. The van der Waals surface area contributed by atoms with E-state index >= 15 is 0 Å². The number of aliphatic hydroxyl groups excluding tert-OH is 1. The fourth-order valence-electron chi connectivity index (χ4n) is 2.96. The van der Waals surface area contributed by atoms with Gasteiger partial charge in [-0.25, -0.2) is 9.59 Å². The second kappa shape index (κ2) is 11.0. The lowest BCUT2D eigenvalue weighted by Crippen LogP contribution is -2.27. The normalized spacial score (nSPS) is 14.1. The summed E-state index contributed by atoms with van der Waals surface area (Å²) in [7, 11) is 1.38. The number of aliphatic hydroxyl groups is 1. The topological polar surface area (TPSA) is 133 Å². The molecule has 0 bridgehead atoms. The van der Waals surface area contributed by atoms with Gasteiger partial charge in [-0.3, -0.25) is 5.32 Å². The smallest absolute Gasteiger partial charge is 0.412 e. The van der Waals surface area contributed by atoms with Crippen molar-refractivity contribution in [2.24, 2.45) is 0 Å². The molecule has 2 aromatic carbocycles. The van der Waals surface area contributed by atoms with Gasteiger partial charge in [-0.15, -0.1) is 0 Å². The van der Waals surface area contributed by atoms with E-state index in [1.165, 1.54) is 13.2 Å². The van der Waals surface area contributed by atoms with Gasteiger partial charge in [0.15, 0.2) is 17.6 Å². The van der Waals surface area contributed by atoms with Crippen LogP contribution in [0.15, 0.2) is 54.6 Å². The van der Waals surface area contributed by atoms with Crippen LogP contribution < -0.4 is 19.5 Å². The SMILES string of the molecule is CO[C@H](/C=C/C(=O)O)[C@H](OC(=O)Nc1ccc2c(c1)OCO2)c1ccc(OCCO)cc1. The Bertz CT molecular complexity index is 958. The van der Waals surface area contributed by atoms with Crippen LogP contribution in [0, 0.1) is 0 Å². The van der Waals surface area contributed by atoms with Crippen LogP contribution in [-0.4, -0.2) is 55.5 Å². The number of anilines is 1. The van der Waals surface area contributed by atoms with Crippen LogP contribution in [0.3, 0.4) is 0 Å². The van der Waals surface area contributed by atoms with Crippen molar-refractivity contribution in [1.29, 1.82) is 0 Å². The molecular weight excluding hydrogens is 422 g/mol. The minimum Gasteiger partial charge on any atom is -0.491 e. The average molecular weight is 445 g/mol. The van der Waals surface area contributed by atoms with Gasteiger partial charge in [-0.05, 0) is 35.9 Å². The number of methoxy groups -OCH3 is 1. The summed E-state index contributed by atoms with van der Waals surface area (Å²) in [4.78, 5) is 23.6. The van der Waals surface area contributed by atoms with E-state index in [0.717, 1.165) is 6.08 Å². The summed E-state index contributed by atoms with van der Waals surface area (Å²) in [6.07, 6.45) is -0.412. The van der Waals surface area contributed by atoms with Gasteiger partial charge in [-0.1, -0.05) is 12.1 Å². The summed E-state index contributed by atoms with van der Waals surface area (Å²) in [5, 5.41) is 20.4. The number of carbonyl (C=O) groups is 2. The third kappa shape index (κ3) is 6.13. The molecule has 3 rings (SSSR count). The highest BCUT2D eigenvalue weighted by atomic mass is 16.7. The van der Waals surface area contributed by atoms with Crippen LogP contribution in [0.2, 0.25) is 0 Å². The first-order chi connectivity index (χ1) is 15.5. The summed E-state index contributed by atoms with van der Waals surface area (Å²) in [6.45, 7) is 0.118. The number of hydrogen-bond acceptors (Lipinski definition) is 8. The largest absolute Gasteiger partial charge is 0.491 e. The molecule has 10 heteroatoms. The van der Waals surface area contributed by atoms with Gasteiger partial charge in [0, 0.05) is 24.9 Å². The van der Waals surface area contributed by atoms with Gasteiger partial charge in [0.05, 0.1) is 6.61 Å². The van der Waals surface area contributed by atoms with Crippen LogP contribution in [0.4, 0.5) is 10.5 Å². The summed E-state index contributed by atoms with van der Waals surface area (Å²) < 4.78 is 26.8. The van der Waals surface area contributed by atoms with Crippen molar-refractivity contribution in [3.63, 3.8) is 0 Å². The fraction of sp³-hybridized carbons (Fsp3) is 0.273. The lowest BCUT2D eigenvalue weighted by Gasteiger charge is -2.24. The number of carbonyl (C=O) groups excluding carboxylic acids is 1. The quantitative estimate of drug-likeness (QED) is 0.472. The minimum atomic E-state index is -1.16. The Labute approximate surface area is 183 Å². The van der Waals surface area contributed by atoms with Crippen LogP contribution in [-0.2, 0) is 14.3 Å². The van der Waals surface area contributed by atoms with Crippen molar-refractivity contribution in [2.45, 2.75) is 12.2 Å². The van der Waals surface area contributed by atoms with E-state index in [1.54, 1.807) is 42.5 Å². The predicted octanol–water partition coefficient (Wildman–Crippen LogP) is 2.73. The van der Waals surface area contributed by atoms with Crippen LogP contribution >= 0.6 is 0 Å². The number of fused-ring (bicyclic) bond motifs is 1. The molecule has 3 N–H and O–H groups in total. The van der Waals surface area contributed by atoms with Gasteiger partial charge >= 0.3 is 12.1 Å². The molecule has 0 radical (unpaired) electrons. The molecule has 0 saturated carbocycles. The summed E-state index contributed by atoms with van der Waals surface area (Å²) in [5.74, 6) is 0.422. The Morgan fingerprint density at radius 1 is 1.16 bits per heavy atom. The molecule has 0 aliphatic carbocycles. The molecule has 1 aliphatic rings. The maximum absolute atomic E-state index is 12.6. The molecule has 0 saturated heterocycles.